The van der Waals surface area contributed by atoms with Gasteiger partial charge in [0.25, 0.3) is 0 Å². The molecule has 8 nitrogen and oxygen atoms in total. The number of guanidine groups is 1. The van der Waals surface area contributed by atoms with Crippen molar-refractivity contribution >= 4 is 29.9 Å². The Hall–Kier alpha value is -1.65. The summed E-state index contributed by atoms with van der Waals surface area (Å²) < 4.78 is 3.79. The molecule has 0 unspecified atom stereocenters. The number of halogens is 1. The summed E-state index contributed by atoms with van der Waals surface area (Å²) in [5, 5.41) is 18.6. The normalized spacial score (nSPS) is 11.1. The van der Waals surface area contributed by atoms with Crippen molar-refractivity contribution in [1.29, 1.82) is 0 Å². The van der Waals surface area contributed by atoms with E-state index in [-0.39, 0.29) is 24.0 Å². The number of nitrogens with zero attached hydrogens (tertiary/aromatic N) is 6. The zero-order chi connectivity index (χ0) is 14.9. The highest BCUT2D eigenvalue weighted by Crippen LogP contribution is 1.94. The maximum Gasteiger partial charge on any atom is 0.191 e. The molecule has 0 aliphatic carbocycles. The van der Waals surface area contributed by atoms with Gasteiger partial charge in [0.05, 0.1) is 0 Å². The molecule has 2 aromatic rings. The molecule has 0 fully saturated rings. The molecule has 0 saturated heterocycles. The largest absolute Gasteiger partial charge is 0.357 e. The molecule has 0 aliphatic rings. The second-order valence-electron chi connectivity index (χ2n) is 4.60. The third kappa shape index (κ3) is 6.00. The summed E-state index contributed by atoms with van der Waals surface area (Å²) in [6.45, 7) is 5.10. The van der Waals surface area contributed by atoms with E-state index in [1.807, 2.05) is 35.5 Å². The zero-order valence-corrected chi connectivity index (χ0v) is 15.3. The van der Waals surface area contributed by atoms with E-state index in [4.69, 9.17) is 0 Å². The van der Waals surface area contributed by atoms with Gasteiger partial charge in [0.1, 0.15) is 12.9 Å². The second kappa shape index (κ2) is 10.1. The molecule has 22 heavy (non-hydrogen) atoms. The fraction of sp³-hybridized carbons (Fsp3) is 0.538. The predicted octanol–water partition coefficient (Wildman–Crippen LogP) is 0.775. The molecule has 0 bridgehead atoms. The first-order chi connectivity index (χ1) is 10.3. The summed E-state index contributed by atoms with van der Waals surface area (Å²) in [6, 6.07) is 1.93. The van der Waals surface area contributed by atoms with Gasteiger partial charge in [-0.25, -0.2) is 4.99 Å². The van der Waals surface area contributed by atoms with E-state index in [1.54, 1.807) is 12.5 Å². The summed E-state index contributed by atoms with van der Waals surface area (Å²) in [4.78, 5) is 4.50. The Morgan fingerprint density at radius 3 is 2.86 bits per heavy atom. The Kier molecular flexibility index (Phi) is 8.48. The van der Waals surface area contributed by atoms with Crippen LogP contribution in [0.15, 0.2) is 29.8 Å². The summed E-state index contributed by atoms with van der Waals surface area (Å²) in [5.74, 6) is 1.63. The molecule has 0 aromatic carbocycles. The van der Waals surface area contributed by atoms with E-state index >= 15 is 0 Å². The minimum Gasteiger partial charge on any atom is -0.357 e. The third-order valence-electron chi connectivity index (χ3n) is 2.94. The van der Waals surface area contributed by atoms with Crippen LogP contribution in [0.2, 0.25) is 0 Å². The summed E-state index contributed by atoms with van der Waals surface area (Å²) in [7, 11) is 1.91. The monoisotopic (exact) mass is 418 g/mol. The molecule has 0 atom stereocenters. The number of aryl methyl sites for hydroxylation is 2. The lowest BCUT2D eigenvalue weighted by atomic mass is 10.4. The zero-order valence-electron chi connectivity index (χ0n) is 12.9. The number of hydrogen-bond acceptors (Lipinski definition) is 4. The van der Waals surface area contributed by atoms with Gasteiger partial charge in [0, 0.05) is 39.1 Å². The lowest BCUT2D eigenvalue weighted by Crippen LogP contribution is -2.38. The molecule has 0 saturated carbocycles. The molecule has 0 aliphatic heterocycles. The van der Waals surface area contributed by atoms with Crippen LogP contribution in [-0.2, 0) is 20.1 Å². The van der Waals surface area contributed by atoms with Crippen molar-refractivity contribution in [3.8, 4) is 0 Å². The van der Waals surface area contributed by atoms with E-state index in [9.17, 15) is 0 Å². The summed E-state index contributed by atoms with van der Waals surface area (Å²) in [6.07, 6.45) is 6.42. The van der Waals surface area contributed by atoms with Crippen molar-refractivity contribution in [2.24, 2.45) is 12.0 Å². The van der Waals surface area contributed by atoms with Crippen LogP contribution in [0.4, 0.5) is 0 Å². The molecular weight excluding hydrogens is 395 g/mol. The molecule has 0 radical (unpaired) electrons. The van der Waals surface area contributed by atoms with Gasteiger partial charge >= 0.3 is 0 Å². The Morgan fingerprint density at radius 2 is 2.23 bits per heavy atom. The Bertz CT molecular complexity index is 548. The van der Waals surface area contributed by atoms with Crippen molar-refractivity contribution in [2.45, 2.75) is 26.4 Å². The Labute approximate surface area is 147 Å². The molecule has 0 amide bonds. The average Bonchev–Trinajstić information content (AvgIpc) is 3.12. The predicted molar refractivity (Wildman–Crippen MR) is 96.1 cm³/mol. The van der Waals surface area contributed by atoms with Crippen LogP contribution in [0.3, 0.4) is 0 Å². The lowest BCUT2D eigenvalue weighted by Gasteiger charge is -2.11. The Morgan fingerprint density at radius 1 is 1.36 bits per heavy atom. The quantitative estimate of drug-likeness (QED) is 0.301. The Balaban J connectivity index is 0.00000242. The van der Waals surface area contributed by atoms with Gasteiger partial charge in [-0.2, -0.15) is 5.10 Å². The van der Waals surface area contributed by atoms with Crippen molar-refractivity contribution in [3.05, 3.63) is 30.6 Å². The van der Waals surface area contributed by atoms with Crippen molar-refractivity contribution in [3.63, 3.8) is 0 Å². The minimum atomic E-state index is 0. The highest BCUT2D eigenvalue weighted by Gasteiger charge is 2.01. The van der Waals surface area contributed by atoms with Crippen LogP contribution in [0.1, 0.15) is 19.2 Å². The van der Waals surface area contributed by atoms with Crippen LogP contribution in [0, 0.1) is 0 Å². The standard InChI is InChI=1S/C13H22N8.HI/c1-3-14-13(16-10-12-19-17-11-20(12)2)15-6-4-8-21-9-5-7-18-21;/h5,7,9,11H,3-4,6,8,10H2,1-2H3,(H2,14,15,16);1H. The van der Waals surface area contributed by atoms with Gasteiger partial charge in [-0.3, -0.25) is 4.68 Å². The number of aliphatic imine (C=N–C) groups is 1. The lowest BCUT2D eigenvalue weighted by molar-refractivity contribution is 0.570. The maximum atomic E-state index is 4.50. The molecule has 122 valence electrons. The fourth-order valence-electron chi connectivity index (χ4n) is 1.82. The minimum absolute atomic E-state index is 0. The molecule has 2 heterocycles. The van der Waals surface area contributed by atoms with Crippen LogP contribution >= 0.6 is 24.0 Å². The molecule has 2 rings (SSSR count). The summed E-state index contributed by atoms with van der Waals surface area (Å²) in [5.41, 5.74) is 0. The molecule has 2 aromatic heterocycles. The second-order valence-corrected chi connectivity index (χ2v) is 4.60. The van der Waals surface area contributed by atoms with Crippen LogP contribution in [0.5, 0.6) is 0 Å². The van der Waals surface area contributed by atoms with E-state index < -0.39 is 0 Å². The highest BCUT2D eigenvalue weighted by molar-refractivity contribution is 14.0. The van der Waals surface area contributed by atoms with Gasteiger partial charge in [0.2, 0.25) is 0 Å². The first-order valence-electron chi connectivity index (χ1n) is 7.12. The van der Waals surface area contributed by atoms with Gasteiger partial charge in [-0.1, -0.05) is 0 Å². The topological polar surface area (TPSA) is 85.0 Å². The number of hydrogen-bond donors (Lipinski definition) is 2. The average molecular weight is 418 g/mol. The van der Waals surface area contributed by atoms with E-state index in [0.29, 0.717) is 6.54 Å². The first-order valence-corrected chi connectivity index (χ1v) is 7.12. The van der Waals surface area contributed by atoms with Gasteiger partial charge in [-0.05, 0) is 19.4 Å². The summed E-state index contributed by atoms with van der Waals surface area (Å²) >= 11 is 0. The number of nitrogens with one attached hydrogen (secondary N) is 2. The molecule has 9 heteroatoms. The van der Waals surface area contributed by atoms with Crippen molar-refractivity contribution < 1.29 is 0 Å². The van der Waals surface area contributed by atoms with Crippen LogP contribution in [0.25, 0.3) is 0 Å². The fourth-order valence-corrected chi connectivity index (χ4v) is 1.82. The SMILES string of the molecule is CCNC(=NCc1nncn1C)NCCCn1cccn1.I. The van der Waals surface area contributed by atoms with Crippen LogP contribution in [-0.4, -0.2) is 43.6 Å². The van der Waals surface area contributed by atoms with Crippen LogP contribution < -0.4 is 10.6 Å². The number of aromatic nitrogens is 5. The smallest absolute Gasteiger partial charge is 0.191 e. The van der Waals surface area contributed by atoms with Crippen molar-refractivity contribution in [1.82, 2.24) is 35.2 Å². The van der Waals surface area contributed by atoms with Gasteiger partial charge < -0.3 is 15.2 Å². The van der Waals surface area contributed by atoms with Crippen molar-refractivity contribution in [2.75, 3.05) is 13.1 Å². The van der Waals surface area contributed by atoms with E-state index in [1.165, 1.54) is 0 Å². The molecule has 0 spiro atoms. The first kappa shape index (κ1) is 18.4. The van der Waals surface area contributed by atoms with Gasteiger partial charge in [-0.15, -0.1) is 34.2 Å². The highest BCUT2D eigenvalue weighted by atomic mass is 127. The molecular formula is C13H23IN8. The third-order valence-corrected chi connectivity index (χ3v) is 2.94. The van der Waals surface area contributed by atoms with E-state index in [0.717, 1.165) is 37.8 Å². The maximum absolute atomic E-state index is 4.50. The van der Waals surface area contributed by atoms with E-state index in [2.05, 4.69) is 30.9 Å². The van der Waals surface area contributed by atoms with Gasteiger partial charge in [0.15, 0.2) is 11.8 Å². The molecule has 2 N–H and O–H groups in total. The number of rotatable bonds is 7.